The maximum Gasteiger partial charge on any atom is 0.222 e. The molecule has 0 aromatic carbocycles. The molecule has 13 nitrogen and oxygen atoms in total. The van der Waals surface area contributed by atoms with E-state index < -0.39 is 24.5 Å². The Morgan fingerprint density at radius 3 is 2.84 bits per heavy atom. The van der Waals surface area contributed by atoms with Crippen molar-refractivity contribution in [2.45, 2.75) is 44.9 Å². The second-order valence-electron chi connectivity index (χ2n) is 7.22. The highest BCUT2D eigenvalue weighted by molar-refractivity contribution is 5.81. The van der Waals surface area contributed by atoms with Gasteiger partial charge in [0.25, 0.3) is 0 Å². The van der Waals surface area contributed by atoms with E-state index in [0.717, 1.165) is 0 Å². The molecule has 1 saturated heterocycles. The number of nitrogens with zero attached hydrogens (tertiary/aromatic N) is 6. The van der Waals surface area contributed by atoms with Crippen LogP contribution in [0.5, 0.6) is 0 Å². The van der Waals surface area contributed by atoms with Crippen LogP contribution in [0.4, 0.5) is 5.82 Å². The van der Waals surface area contributed by atoms with Crippen molar-refractivity contribution in [1.29, 1.82) is 0 Å². The van der Waals surface area contributed by atoms with E-state index in [4.69, 9.17) is 25.8 Å². The lowest BCUT2D eigenvalue weighted by molar-refractivity contribution is -0.0449. The quantitative estimate of drug-likeness (QED) is 0.160. The molecule has 1 aliphatic rings. The number of oxime groups is 1. The van der Waals surface area contributed by atoms with E-state index in [1.165, 1.54) is 6.33 Å². The van der Waals surface area contributed by atoms with Crippen molar-refractivity contribution in [2.75, 3.05) is 39.1 Å². The fourth-order valence-electron chi connectivity index (χ4n) is 3.44. The molecule has 1 aliphatic heterocycles. The summed E-state index contributed by atoms with van der Waals surface area (Å²) in [5.41, 5.74) is 12.5. The second kappa shape index (κ2) is 10.2. The predicted molar refractivity (Wildman–Crippen MR) is 112 cm³/mol. The number of aromatic nitrogens is 4. The first-order valence-corrected chi connectivity index (χ1v) is 10.0. The van der Waals surface area contributed by atoms with Crippen molar-refractivity contribution in [2.24, 2.45) is 10.9 Å². The molecular weight excluding hydrogens is 408 g/mol. The molecule has 0 amide bonds. The first-order valence-electron chi connectivity index (χ1n) is 10.0. The summed E-state index contributed by atoms with van der Waals surface area (Å²) in [4.78, 5) is 19.6. The number of anilines is 1. The number of nitrogens with two attached hydrogens (primary N) is 2. The lowest BCUT2D eigenvalue weighted by Crippen LogP contribution is -2.39. The molecule has 1 fully saturated rings. The summed E-state index contributed by atoms with van der Waals surface area (Å²) in [6.45, 7) is 5.39. The normalized spacial score (nSPS) is 24.3. The molecule has 3 rings (SSSR count). The Morgan fingerprint density at radius 1 is 1.35 bits per heavy atom. The summed E-state index contributed by atoms with van der Waals surface area (Å²) in [6.07, 6.45) is -2.59. The number of imidazole rings is 1. The van der Waals surface area contributed by atoms with Crippen molar-refractivity contribution in [3.05, 3.63) is 12.2 Å². The van der Waals surface area contributed by atoms with Gasteiger partial charge in [0.1, 0.15) is 37.1 Å². The van der Waals surface area contributed by atoms with Crippen molar-refractivity contribution >= 4 is 22.9 Å². The standard InChI is InChI=1S/C18H30N8O5/c1-4-29-10(2)24-30-6-5-25(3)8-11-14(27)15(28)18(31-11)26-12(7-19)23-13-16(20)21-9-22-17(13)26/h9,11,14-15,18,27-28H,4-8,19H2,1-3H3,(H2,20,21,22)/b24-10-/t11-,14-,15-,18-/m1/s1. The first-order chi connectivity index (χ1) is 14.9. The van der Waals surface area contributed by atoms with Gasteiger partial charge in [0.05, 0.1) is 13.2 Å². The van der Waals surface area contributed by atoms with Crippen LogP contribution in [0, 0.1) is 0 Å². The summed E-state index contributed by atoms with van der Waals surface area (Å²) < 4.78 is 12.8. The molecule has 0 saturated carbocycles. The smallest absolute Gasteiger partial charge is 0.222 e. The lowest BCUT2D eigenvalue weighted by atomic mass is 10.1. The summed E-state index contributed by atoms with van der Waals surface area (Å²) in [6, 6.07) is 0. The van der Waals surface area contributed by atoms with Gasteiger partial charge in [-0.3, -0.25) is 4.57 Å². The molecule has 31 heavy (non-hydrogen) atoms. The molecule has 6 N–H and O–H groups in total. The minimum absolute atomic E-state index is 0.0715. The van der Waals surface area contributed by atoms with E-state index >= 15 is 0 Å². The third kappa shape index (κ3) is 5.02. The fraction of sp³-hybridized carbons (Fsp3) is 0.667. The number of hydrogen-bond donors (Lipinski definition) is 4. The zero-order chi connectivity index (χ0) is 22.5. The number of aliphatic hydroxyl groups is 2. The van der Waals surface area contributed by atoms with Crippen LogP contribution >= 0.6 is 0 Å². The maximum absolute atomic E-state index is 10.7. The Morgan fingerprint density at radius 2 is 2.13 bits per heavy atom. The van der Waals surface area contributed by atoms with Crippen molar-refractivity contribution in [3.8, 4) is 0 Å². The van der Waals surface area contributed by atoms with E-state index in [1.54, 1.807) is 11.5 Å². The highest BCUT2D eigenvalue weighted by atomic mass is 16.6. The Bertz CT molecular complexity index is 906. The van der Waals surface area contributed by atoms with Gasteiger partial charge in [0.2, 0.25) is 5.90 Å². The third-order valence-electron chi connectivity index (χ3n) is 4.95. The molecule has 3 heterocycles. The van der Waals surface area contributed by atoms with Crippen molar-refractivity contribution in [3.63, 3.8) is 0 Å². The van der Waals surface area contributed by atoms with Gasteiger partial charge in [-0.2, -0.15) is 0 Å². The van der Waals surface area contributed by atoms with Gasteiger partial charge in [-0.25, -0.2) is 15.0 Å². The molecule has 2 aromatic rings. The lowest BCUT2D eigenvalue weighted by Gasteiger charge is -2.22. The zero-order valence-corrected chi connectivity index (χ0v) is 17.9. The molecule has 2 aromatic heterocycles. The molecule has 172 valence electrons. The predicted octanol–water partition coefficient (Wildman–Crippen LogP) is -1.20. The number of aliphatic hydroxyl groups excluding tert-OH is 2. The molecule has 4 atom stereocenters. The number of likely N-dealkylation sites (N-methyl/N-ethyl adjacent to an activating group) is 1. The average Bonchev–Trinajstić information content (AvgIpc) is 3.25. The van der Waals surface area contributed by atoms with Crippen LogP contribution in [-0.2, 0) is 20.9 Å². The Hall–Kier alpha value is -2.58. The van der Waals surface area contributed by atoms with Crippen molar-refractivity contribution in [1.82, 2.24) is 24.4 Å². The van der Waals surface area contributed by atoms with Crippen LogP contribution in [0.2, 0.25) is 0 Å². The van der Waals surface area contributed by atoms with Gasteiger partial charge in [-0.05, 0) is 14.0 Å². The average molecular weight is 438 g/mol. The third-order valence-corrected chi connectivity index (χ3v) is 4.95. The van der Waals surface area contributed by atoms with Crippen LogP contribution in [0.1, 0.15) is 25.9 Å². The number of hydrogen-bond acceptors (Lipinski definition) is 12. The summed E-state index contributed by atoms with van der Waals surface area (Å²) >= 11 is 0. The summed E-state index contributed by atoms with van der Waals surface area (Å²) in [7, 11) is 1.85. The number of rotatable bonds is 9. The fourth-order valence-corrected chi connectivity index (χ4v) is 3.44. The van der Waals surface area contributed by atoms with Gasteiger partial charge < -0.3 is 40.9 Å². The largest absolute Gasteiger partial charge is 0.479 e. The van der Waals surface area contributed by atoms with Crippen LogP contribution in [0.3, 0.4) is 0 Å². The minimum Gasteiger partial charge on any atom is -0.479 e. The van der Waals surface area contributed by atoms with Crippen molar-refractivity contribution < 1.29 is 24.5 Å². The Labute approximate surface area is 179 Å². The van der Waals surface area contributed by atoms with E-state index in [9.17, 15) is 10.2 Å². The highest BCUT2D eigenvalue weighted by Crippen LogP contribution is 2.33. The van der Waals surface area contributed by atoms with Gasteiger partial charge in [-0.1, -0.05) is 5.16 Å². The highest BCUT2D eigenvalue weighted by Gasteiger charge is 2.45. The van der Waals surface area contributed by atoms with Gasteiger partial charge in [-0.15, -0.1) is 0 Å². The molecule has 0 unspecified atom stereocenters. The monoisotopic (exact) mass is 438 g/mol. The van der Waals surface area contributed by atoms with E-state index in [0.29, 0.717) is 49.2 Å². The molecule has 0 spiro atoms. The van der Waals surface area contributed by atoms with Gasteiger partial charge >= 0.3 is 0 Å². The molecule has 13 heteroatoms. The molecule has 0 aliphatic carbocycles. The maximum atomic E-state index is 10.7. The zero-order valence-electron chi connectivity index (χ0n) is 17.9. The summed E-state index contributed by atoms with van der Waals surface area (Å²) in [5.74, 6) is 1.08. The topological polar surface area (TPSA) is 179 Å². The summed E-state index contributed by atoms with van der Waals surface area (Å²) in [5, 5.41) is 25.1. The first kappa shape index (κ1) is 23.1. The van der Waals surface area contributed by atoms with E-state index in [1.807, 2.05) is 18.9 Å². The van der Waals surface area contributed by atoms with E-state index in [2.05, 4.69) is 20.1 Å². The van der Waals surface area contributed by atoms with Crippen LogP contribution in [0.25, 0.3) is 11.2 Å². The Balaban J connectivity index is 1.66. The second-order valence-corrected chi connectivity index (χ2v) is 7.22. The van der Waals surface area contributed by atoms with E-state index in [-0.39, 0.29) is 12.4 Å². The number of fused-ring (bicyclic) bond motifs is 1. The Kier molecular flexibility index (Phi) is 7.56. The molecular formula is C18H30N8O5. The number of ether oxygens (including phenoxy) is 2. The van der Waals surface area contributed by atoms with Gasteiger partial charge in [0.15, 0.2) is 23.2 Å². The van der Waals surface area contributed by atoms with Gasteiger partial charge in [0, 0.05) is 20.0 Å². The van der Waals surface area contributed by atoms with Crippen LogP contribution < -0.4 is 11.5 Å². The molecule has 0 radical (unpaired) electrons. The SMILES string of the molecule is CCO/C(C)=N\OCCN(C)C[C@H]1O[C@@H](n2c(CN)nc3c(N)ncnc32)[C@H](O)[C@@H]1O. The van der Waals surface area contributed by atoms with Crippen LogP contribution in [-0.4, -0.2) is 92.2 Å². The number of nitrogen functional groups attached to an aromatic ring is 1. The molecule has 0 bridgehead atoms. The van der Waals surface area contributed by atoms with Crippen LogP contribution in [0.15, 0.2) is 11.5 Å². The minimum atomic E-state index is -1.20.